The molecule has 1 saturated heterocycles. The summed E-state index contributed by atoms with van der Waals surface area (Å²) in [6.07, 6.45) is 4.10. The molecule has 3 rings (SSSR count). The predicted molar refractivity (Wildman–Crippen MR) is 84.1 cm³/mol. The molecule has 1 aromatic carbocycles. The quantitative estimate of drug-likeness (QED) is 0.903. The first kappa shape index (κ1) is 15.3. The minimum atomic E-state index is -3.47. The van der Waals surface area contributed by atoms with Crippen molar-refractivity contribution in [3.63, 3.8) is 0 Å². The second-order valence-corrected chi connectivity index (χ2v) is 8.30. The number of aryl methyl sites for hydroxylation is 1. The molecule has 1 N–H and O–H groups in total. The highest BCUT2D eigenvalue weighted by atomic mass is 35.5. The Kier molecular flexibility index (Phi) is 4.28. The van der Waals surface area contributed by atoms with Crippen LogP contribution in [0.4, 0.5) is 0 Å². The van der Waals surface area contributed by atoms with Crippen LogP contribution in [0.2, 0.25) is 5.02 Å². The van der Waals surface area contributed by atoms with Crippen molar-refractivity contribution in [2.45, 2.75) is 49.6 Å². The van der Waals surface area contributed by atoms with Crippen LogP contribution in [0.3, 0.4) is 0 Å². The van der Waals surface area contributed by atoms with E-state index in [2.05, 4.69) is 5.32 Å². The van der Waals surface area contributed by atoms with Gasteiger partial charge in [0.25, 0.3) is 0 Å². The normalized spacial score (nSPS) is 22.9. The number of nitrogens with zero attached hydrogens (tertiary/aromatic N) is 1. The standard InChI is InChI=1S/C15H21ClN2O2S/c1-11-4-5-12(16)9-15(11)21(19,20)18(14-6-7-14)10-13-3-2-8-17-13/h4-5,9,13-14,17H,2-3,6-8,10H2,1H3. The number of benzene rings is 1. The van der Waals surface area contributed by atoms with Gasteiger partial charge in [0.1, 0.15) is 0 Å². The Morgan fingerprint density at radius 3 is 2.71 bits per heavy atom. The highest BCUT2D eigenvalue weighted by Crippen LogP contribution is 2.34. The molecule has 21 heavy (non-hydrogen) atoms. The minimum absolute atomic E-state index is 0.163. The fraction of sp³-hybridized carbons (Fsp3) is 0.600. The van der Waals surface area contributed by atoms with E-state index in [1.54, 1.807) is 22.5 Å². The molecular formula is C15H21ClN2O2S. The summed E-state index contributed by atoms with van der Waals surface area (Å²) < 4.78 is 27.7. The zero-order valence-electron chi connectivity index (χ0n) is 12.2. The summed E-state index contributed by atoms with van der Waals surface area (Å²) in [5.74, 6) is 0. The van der Waals surface area contributed by atoms with Crippen LogP contribution < -0.4 is 5.32 Å². The van der Waals surface area contributed by atoms with E-state index >= 15 is 0 Å². The van der Waals surface area contributed by atoms with Crippen LogP contribution in [0.1, 0.15) is 31.2 Å². The number of sulfonamides is 1. The minimum Gasteiger partial charge on any atom is -0.313 e. The van der Waals surface area contributed by atoms with E-state index in [4.69, 9.17) is 11.6 Å². The second-order valence-electron chi connectivity index (χ2n) is 6.01. The molecule has 2 fully saturated rings. The Bertz CT molecular complexity index is 623. The maximum Gasteiger partial charge on any atom is 0.243 e. The molecule has 2 aliphatic rings. The van der Waals surface area contributed by atoms with Gasteiger partial charge < -0.3 is 5.32 Å². The maximum absolute atomic E-state index is 13.0. The predicted octanol–water partition coefficient (Wildman–Crippen LogP) is 2.55. The van der Waals surface area contributed by atoms with Gasteiger partial charge >= 0.3 is 0 Å². The Labute approximate surface area is 131 Å². The van der Waals surface area contributed by atoms with Crippen molar-refractivity contribution in [1.82, 2.24) is 9.62 Å². The lowest BCUT2D eigenvalue weighted by Crippen LogP contribution is -2.42. The van der Waals surface area contributed by atoms with Crippen LogP contribution in [0.5, 0.6) is 0 Å². The molecule has 116 valence electrons. The molecule has 1 heterocycles. The summed E-state index contributed by atoms with van der Waals surface area (Å²) in [7, 11) is -3.47. The Morgan fingerprint density at radius 1 is 1.33 bits per heavy atom. The van der Waals surface area contributed by atoms with Crippen LogP contribution >= 0.6 is 11.6 Å². The smallest absolute Gasteiger partial charge is 0.243 e. The van der Waals surface area contributed by atoms with Crippen LogP contribution in [0.15, 0.2) is 23.1 Å². The summed E-state index contributed by atoms with van der Waals surface area (Å²) in [5, 5.41) is 3.85. The molecule has 0 amide bonds. The van der Waals surface area contributed by atoms with Crippen molar-refractivity contribution in [2.75, 3.05) is 13.1 Å². The zero-order valence-corrected chi connectivity index (χ0v) is 13.8. The fourth-order valence-electron chi connectivity index (χ4n) is 2.91. The molecule has 4 nitrogen and oxygen atoms in total. The van der Waals surface area contributed by atoms with Gasteiger partial charge in [0.05, 0.1) is 4.90 Å². The van der Waals surface area contributed by atoms with Crippen molar-refractivity contribution in [3.8, 4) is 0 Å². The summed E-state index contributed by atoms with van der Waals surface area (Å²) in [4.78, 5) is 0.347. The molecule has 6 heteroatoms. The molecule has 1 atom stereocenters. The van der Waals surface area contributed by atoms with E-state index in [0.29, 0.717) is 16.5 Å². The molecule has 1 aliphatic carbocycles. The highest BCUT2D eigenvalue weighted by molar-refractivity contribution is 7.89. The summed E-state index contributed by atoms with van der Waals surface area (Å²) >= 11 is 6.00. The number of halogens is 1. The van der Waals surface area contributed by atoms with Crippen molar-refractivity contribution >= 4 is 21.6 Å². The Hall–Kier alpha value is -0.620. The number of hydrogen-bond donors (Lipinski definition) is 1. The van der Waals surface area contributed by atoms with Gasteiger partial charge in [-0.2, -0.15) is 4.31 Å². The van der Waals surface area contributed by atoms with Gasteiger partial charge in [-0.05, 0) is 56.8 Å². The molecular weight excluding hydrogens is 308 g/mol. The Morgan fingerprint density at radius 2 is 2.10 bits per heavy atom. The van der Waals surface area contributed by atoms with E-state index in [1.807, 2.05) is 6.92 Å². The summed E-state index contributed by atoms with van der Waals surface area (Å²) in [5.41, 5.74) is 0.754. The van der Waals surface area contributed by atoms with Crippen LogP contribution in [-0.2, 0) is 10.0 Å². The van der Waals surface area contributed by atoms with E-state index in [-0.39, 0.29) is 12.1 Å². The molecule has 1 aromatic rings. The highest BCUT2D eigenvalue weighted by Gasteiger charge is 2.40. The Balaban J connectivity index is 1.91. The van der Waals surface area contributed by atoms with Crippen LogP contribution in [0.25, 0.3) is 0 Å². The maximum atomic E-state index is 13.0. The van der Waals surface area contributed by atoms with Crippen molar-refractivity contribution in [1.29, 1.82) is 0 Å². The van der Waals surface area contributed by atoms with E-state index in [0.717, 1.165) is 37.8 Å². The van der Waals surface area contributed by atoms with Gasteiger partial charge in [-0.25, -0.2) is 8.42 Å². The zero-order chi connectivity index (χ0) is 15.0. The van der Waals surface area contributed by atoms with Crippen LogP contribution in [0, 0.1) is 6.92 Å². The van der Waals surface area contributed by atoms with Crippen molar-refractivity contribution < 1.29 is 8.42 Å². The first-order valence-corrected chi connectivity index (χ1v) is 9.31. The summed E-state index contributed by atoms with van der Waals surface area (Å²) in [6.45, 7) is 3.38. The van der Waals surface area contributed by atoms with Crippen molar-refractivity contribution in [2.24, 2.45) is 0 Å². The van der Waals surface area contributed by atoms with E-state index < -0.39 is 10.0 Å². The molecule has 1 aliphatic heterocycles. The van der Waals surface area contributed by atoms with Gasteiger partial charge in [0.15, 0.2) is 0 Å². The fourth-order valence-corrected chi connectivity index (χ4v) is 5.13. The second kappa shape index (κ2) is 5.88. The number of rotatable bonds is 5. The number of nitrogens with one attached hydrogen (secondary N) is 1. The average molecular weight is 329 g/mol. The lowest BCUT2D eigenvalue weighted by Gasteiger charge is -2.26. The van der Waals surface area contributed by atoms with Crippen LogP contribution in [-0.4, -0.2) is 37.9 Å². The molecule has 1 saturated carbocycles. The average Bonchev–Trinajstić information content (AvgIpc) is 3.14. The van der Waals surface area contributed by atoms with Gasteiger partial charge in [-0.1, -0.05) is 17.7 Å². The largest absolute Gasteiger partial charge is 0.313 e. The molecule has 0 radical (unpaired) electrons. The first-order valence-electron chi connectivity index (χ1n) is 7.50. The monoisotopic (exact) mass is 328 g/mol. The third kappa shape index (κ3) is 3.26. The third-order valence-corrected chi connectivity index (χ3v) is 6.55. The van der Waals surface area contributed by atoms with Gasteiger partial charge in [0.2, 0.25) is 10.0 Å². The molecule has 0 aromatic heterocycles. The van der Waals surface area contributed by atoms with Gasteiger partial charge in [0, 0.05) is 23.7 Å². The van der Waals surface area contributed by atoms with Crippen molar-refractivity contribution in [3.05, 3.63) is 28.8 Å². The summed E-state index contributed by atoms with van der Waals surface area (Å²) in [6, 6.07) is 5.52. The number of hydrogen-bond acceptors (Lipinski definition) is 3. The molecule has 0 spiro atoms. The SMILES string of the molecule is Cc1ccc(Cl)cc1S(=O)(=O)N(CC1CCCN1)C1CC1. The first-order chi connectivity index (χ1) is 9.98. The third-order valence-electron chi connectivity index (χ3n) is 4.25. The lowest BCUT2D eigenvalue weighted by molar-refractivity contribution is 0.362. The topological polar surface area (TPSA) is 49.4 Å². The van der Waals surface area contributed by atoms with Gasteiger partial charge in [-0.3, -0.25) is 0 Å². The van der Waals surface area contributed by atoms with Gasteiger partial charge in [-0.15, -0.1) is 0 Å². The molecule has 0 bridgehead atoms. The van der Waals surface area contributed by atoms with E-state index in [1.165, 1.54) is 0 Å². The lowest BCUT2D eigenvalue weighted by atomic mass is 10.2. The molecule has 1 unspecified atom stereocenters. The van der Waals surface area contributed by atoms with E-state index in [9.17, 15) is 8.42 Å².